The van der Waals surface area contributed by atoms with Crippen LogP contribution in [-0.4, -0.2) is 34.0 Å². The number of imide groups is 1. The summed E-state index contributed by atoms with van der Waals surface area (Å²) in [6, 6.07) is 0. The summed E-state index contributed by atoms with van der Waals surface area (Å²) in [5, 5.41) is 9.45. The van der Waals surface area contributed by atoms with Crippen LogP contribution in [0, 0.1) is 17.8 Å². The maximum atomic E-state index is 12.3. The topological polar surface area (TPSA) is 57.6 Å². The zero-order chi connectivity index (χ0) is 12.8. The van der Waals surface area contributed by atoms with E-state index in [1.54, 1.807) is 6.92 Å². The van der Waals surface area contributed by atoms with Crippen molar-refractivity contribution in [3.8, 4) is 0 Å². The van der Waals surface area contributed by atoms with Gasteiger partial charge in [0.25, 0.3) is 0 Å². The minimum Gasteiger partial charge on any atom is -0.394 e. The highest BCUT2D eigenvalue weighted by molar-refractivity contribution is 6.06. The van der Waals surface area contributed by atoms with E-state index in [0.29, 0.717) is 12.3 Å². The SMILES string of the molecule is CCC(C)(CO)N1C(=O)C2CC(C)CC2C1=O. The van der Waals surface area contributed by atoms with Crippen LogP contribution in [0.4, 0.5) is 0 Å². The zero-order valence-electron chi connectivity index (χ0n) is 10.8. The van der Waals surface area contributed by atoms with Crippen molar-refractivity contribution in [1.29, 1.82) is 0 Å². The molecule has 0 aromatic heterocycles. The first-order valence-corrected chi connectivity index (χ1v) is 6.43. The number of amides is 2. The molecule has 0 aromatic rings. The minimum absolute atomic E-state index is 0.0669. The molecule has 0 radical (unpaired) electrons. The van der Waals surface area contributed by atoms with Gasteiger partial charge in [0.05, 0.1) is 24.0 Å². The van der Waals surface area contributed by atoms with Crippen LogP contribution < -0.4 is 0 Å². The van der Waals surface area contributed by atoms with E-state index in [1.807, 2.05) is 6.92 Å². The third-order valence-electron chi connectivity index (χ3n) is 4.52. The fourth-order valence-corrected chi connectivity index (χ4v) is 3.15. The van der Waals surface area contributed by atoms with Crippen LogP contribution in [0.25, 0.3) is 0 Å². The summed E-state index contributed by atoms with van der Waals surface area (Å²) in [6.07, 6.45) is 2.23. The number of hydrogen-bond donors (Lipinski definition) is 1. The summed E-state index contributed by atoms with van der Waals surface area (Å²) in [4.78, 5) is 25.9. The summed E-state index contributed by atoms with van der Waals surface area (Å²) in [5.41, 5.74) is -0.720. The Kier molecular flexibility index (Phi) is 3.02. The van der Waals surface area contributed by atoms with E-state index in [1.165, 1.54) is 4.90 Å². The van der Waals surface area contributed by atoms with Crippen molar-refractivity contribution in [2.45, 2.75) is 45.6 Å². The fraction of sp³-hybridized carbons (Fsp3) is 0.846. The maximum Gasteiger partial charge on any atom is 0.233 e. The molecule has 3 unspecified atom stereocenters. The number of aliphatic hydroxyl groups excluding tert-OH is 1. The Morgan fingerprint density at radius 3 is 2.12 bits per heavy atom. The van der Waals surface area contributed by atoms with Gasteiger partial charge in [-0.15, -0.1) is 0 Å². The van der Waals surface area contributed by atoms with Crippen molar-refractivity contribution >= 4 is 11.8 Å². The molecule has 4 nitrogen and oxygen atoms in total. The van der Waals surface area contributed by atoms with Crippen molar-refractivity contribution in [2.75, 3.05) is 6.61 Å². The summed E-state index contributed by atoms with van der Waals surface area (Å²) in [7, 11) is 0. The first kappa shape index (κ1) is 12.6. The normalized spacial score (nSPS) is 36.2. The Labute approximate surface area is 102 Å². The number of carbonyl (C=O) groups is 2. The lowest BCUT2D eigenvalue weighted by Gasteiger charge is -2.35. The van der Waals surface area contributed by atoms with E-state index in [-0.39, 0.29) is 30.3 Å². The van der Waals surface area contributed by atoms with Gasteiger partial charge in [-0.2, -0.15) is 0 Å². The summed E-state index contributed by atoms with van der Waals surface area (Å²) in [6.45, 7) is 5.62. The molecular formula is C13H21NO3. The van der Waals surface area contributed by atoms with E-state index in [0.717, 1.165) is 12.8 Å². The van der Waals surface area contributed by atoms with E-state index in [4.69, 9.17) is 0 Å². The van der Waals surface area contributed by atoms with Crippen LogP contribution in [0.2, 0.25) is 0 Å². The van der Waals surface area contributed by atoms with Gasteiger partial charge in [0, 0.05) is 0 Å². The number of carbonyl (C=O) groups excluding carboxylic acids is 2. The number of fused-ring (bicyclic) bond motifs is 1. The van der Waals surface area contributed by atoms with E-state index in [2.05, 4.69) is 6.92 Å². The number of aliphatic hydroxyl groups is 1. The predicted molar refractivity (Wildman–Crippen MR) is 63.0 cm³/mol. The lowest BCUT2D eigenvalue weighted by atomic mass is 9.97. The van der Waals surface area contributed by atoms with Crippen molar-refractivity contribution in [3.63, 3.8) is 0 Å². The third kappa shape index (κ3) is 1.69. The van der Waals surface area contributed by atoms with Crippen molar-refractivity contribution in [2.24, 2.45) is 17.8 Å². The van der Waals surface area contributed by atoms with Crippen LogP contribution in [0.15, 0.2) is 0 Å². The molecule has 4 heteroatoms. The molecule has 2 aliphatic rings. The Hall–Kier alpha value is -0.900. The maximum absolute atomic E-state index is 12.3. The Morgan fingerprint density at radius 1 is 1.29 bits per heavy atom. The van der Waals surface area contributed by atoms with Crippen LogP contribution in [0.1, 0.15) is 40.0 Å². The van der Waals surface area contributed by atoms with Crippen molar-refractivity contribution in [1.82, 2.24) is 4.90 Å². The zero-order valence-corrected chi connectivity index (χ0v) is 10.8. The van der Waals surface area contributed by atoms with E-state index in [9.17, 15) is 14.7 Å². The highest BCUT2D eigenvalue weighted by Gasteiger charge is 2.55. The summed E-state index contributed by atoms with van der Waals surface area (Å²) in [5.74, 6) is 0.0670. The van der Waals surface area contributed by atoms with Gasteiger partial charge >= 0.3 is 0 Å². The number of rotatable bonds is 3. The molecule has 1 aliphatic heterocycles. The summed E-state index contributed by atoms with van der Waals surface area (Å²) >= 11 is 0. The van der Waals surface area contributed by atoms with Crippen LogP contribution >= 0.6 is 0 Å². The second-order valence-corrected chi connectivity index (χ2v) is 5.81. The monoisotopic (exact) mass is 239 g/mol. The van der Waals surface area contributed by atoms with Gasteiger partial charge in [-0.05, 0) is 32.1 Å². The summed E-state index contributed by atoms with van der Waals surface area (Å²) < 4.78 is 0. The molecule has 3 atom stereocenters. The van der Waals surface area contributed by atoms with E-state index >= 15 is 0 Å². The third-order valence-corrected chi connectivity index (χ3v) is 4.52. The molecule has 1 heterocycles. The molecular weight excluding hydrogens is 218 g/mol. The predicted octanol–water partition coefficient (Wildman–Crippen LogP) is 1.18. The number of nitrogens with zero attached hydrogens (tertiary/aromatic N) is 1. The number of likely N-dealkylation sites (tertiary alicyclic amines) is 1. The smallest absolute Gasteiger partial charge is 0.233 e. The highest BCUT2D eigenvalue weighted by atomic mass is 16.3. The molecule has 1 saturated carbocycles. The first-order chi connectivity index (χ1) is 7.94. The lowest BCUT2D eigenvalue weighted by Crippen LogP contribution is -2.52. The molecule has 0 aromatic carbocycles. The van der Waals surface area contributed by atoms with Crippen molar-refractivity contribution in [3.05, 3.63) is 0 Å². The first-order valence-electron chi connectivity index (χ1n) is 6.43. The van der Waals surface area contributed by atoms with Gasteiger partial charge in [0.1, 0.15) is 0 Å². The number of hydrogen-bond acceptors (Lipinski definition) is 3. The van der Waals surface area contributed by atoms with Gasteiger partial charge in [0.15, 0.2) is 0 Å². The molecule has 96 valence electrons. The molecule has 2 fully saturated rings. The molecule has 1 N–H and O–H groups in total. The molecule has 0 spiro atoms. The van der Waals surface area contributed by atoms with Crippen LogP contribution in [0.5, 0.6) is 0 Å². The highest BCUT2D eigenvalue weighted by Crippen LogP contribution is 2.45. The van der Waals surface area contributed by atoms with Gasteiger partial charge in [-0.1, -0.05) is 13.8 Å². The Bertz CT molecular complexity index is 325. The van der Waals surface area contributed by atoms with Crippen molar-refractivity contribution < 1.29 is 14.7 Å². The second kappa shape index (κ2) is 4.09. The average molecular weight is 239 g/mol. The largest absolute Gasteiger partial charge is 0.394 e. The van der Waals surface area contributed by atoms with Gasteiger partial charge in [0.2, 0.25) is 11.8 Å². The Balaban J connectivity index is 2.28. The fourth-order valence-electron chi connectivity index (χ4n) is 3.15. The van der Waals surface area contributed by atoms with Gasteiger partial charge in [-0.25, -0.2) is 0 Å². The Morgan fingerprint density at radius 2 is 1.76 bits per heavy atom. The molecule has 17 heavy (non-hydrogen) atoms. The molecule has 1 aliphatic carbocycles. The quantitative estimate of drug-likeness (QED) is 0.752. The minimum atomic E-state index is -0.720. The van der Waals surface area contributed by atoms with Gasteiger partial charge in [-0.3, -0.25) is 14.5 Å². The average Bonchev–Trinajstić information content (AvgIpc) is 2.79. The van der Waals surface area contributed by atoms with Crippen LogP contribution in [-0.2, 0) is 9.59 Å². The second-order valence-electron chi connectivity index (χ2n) is 5.81. The lowest BCUT2D eigenvalue weighted by molar-refractivity contribution is -0.149. The van der Waals surface area contributed by atoms with E-state index < -0.39 is 5.54 Å². The standard InChI is InChI=1S/C13H21NO3/c1-4-13(3,7-15)14-11(16)9-5-8(2)6-10(9)12(14)17/h8-10,15H,4-7H2,1-3H3. The molecule has 2 rings (SSSR count). The molecule has 0 bridgehead atoms. The van der Waals surface area contributed by atoms with Crippen LogP contribution in [0.3, 0.4) is 0 Å². The molecule has 1 saturated heterocycles. The molecule has 2 amide bonds. The van der Waals surface area contributed by atoms with Gasteiger partial charge < -0.3 is 5.11 Å².